The molecule has 0 radical (unpaired) electrons. The van der Waals surface area contributed by atoms with Gasteiger partial charge in [0.25, 0.3) is 0 Å². The van der Waals surface area contributed by atoms with Gasteiger partial charge >= 0.3 is 5.63 Å². The summed E-state index contributed by atoms with van der Waals surface area (Å²) in [6, 6.07) is 6.61. The van der Waals surface area contributed by atoms with Crippen molar-refractivity contribution in [1.29, 1.82) is 5.26 Å². The highest BCUT2D eigenvalue weighted by Crippen LogP contribution is 2.30. The van der Waals surface area contributed by atoms with Crippen LogP contribution in [0.4, 0.5) is 0 Å². The molecule has 0 N–H and O–H groups in total. The van der Waals surface area contributed by atoms with E-state index in [2.05, 4.69) is 4.52 Å². The molecule has 0 aliphatic carbocycles. The fourth-order valence-corrected chi connectivity index (χ4v) is 1.73. The van der Waals surface area contributed by atoms with E-state index in [1.54, 1.807) is 6.07 Å². The highest BCUT2D eigenvalue weighted by Gasteiger charge is 2.06. The Hall–Kier alpha value is -2.13. The second-order valence-corrected chi connectivity index (χ2v) is 4.37. The lowest BCUT2D eigenvalue weighted by Crippen LogP contribution is -2.18. The van der Waals surface area contributed by atoms with Crippen molar-refractivity contribution < 1.29 is 23.3 Å². The summed E-state index contributed by atoms with van der Waals surface area (Å²) < 4.78 is 19.3. The van der Waals surface area contributed by atoms with Crippen molar-refractivity contribution >= 4 is 18.8 Å². The van der Waals surface area contributed by atoms with Crippen LogP contribution < -0.4 is 19.9 Å². The number of phosphoric acid groups is 1. The molecule has 18 heavy (non-hydrogen) atoms. The molecule has 0 aliphatic heterocycles. The van der Waals surface area contributed by atoms with Crippen molar-refractivity contribution in [2.24, 2.45) is 0 Å². The number of phosphoric ester groups is 1. The number of benzene rings is 1. The van der Waals surface area contributed by atoms with Crippen LogP contribution in [0.15, 0.2) is 33.5 Å². The summed E-state index contributed by atoms with van der Waals surface area (Å²) in [7, 11) is -5.16. The summed E-state index contributed by atoms with van der Waals surface area (Å²) in [5.41, 5.74) is -1.01. The van der Waals surface area contributed by atoms with Crippen LogP contribution in [0.3, 0.4) is 0 Å². The van der Waals surface area contributed by atoms with Crippen molar-refractivity contribution in [3.8, 4) is 11.8 Å². The number of rotatable bonds is 2. The van der Waals surface area contributed by atoms with E-state index in [0.717, 1.165) is 6.07 Å². The summed E-state index contributed by atoms with van der Waals surface area (Å²) in [6.45, 7) is 0. The summed E-state index contributed by atoms with van der Waals surface area (Å²) in [4.78, 5) is 32.1. The monoisotopic (exact) mass is 265 g/mol. The van der Waals surface area contributed by atoms with Crippen molar-refractivity contribution in [2.75, 3.05) is 0 Å². The predicted octanol–water partition coefficient (Wildman–Crippen LogP) is -0.128. The van der Waals surface area contributed by atoms with E-state index in [1.807, 2.05) is 0 Å². The van der Waals surface area contributed by atoms with Crippen LogP contribution in [0.2, 0.25) is 0 Å². The van der Waals surface area contributed by atoms with E-state index in [9.17, 15) is 19.1 Å². The Morgan fingerprint density at radius 2 is 2.06 bits per heavy atom. The van der Waals surface area contributed by atoms with Gasteiger partial charge in [-0.3, -0.25) is 0 Å². The zero-order chi connectivity index (χ0) is 13.3. The van der Waals surface area contributed by atoms with Gasteiger partial charge in [0.15, 0.2) is 0 Å². The molecule has 0 bridgehead atoms. The number of fused-ring (bicyclic) bond motifs is 1. The van der Waals surface area contributed by atoms with E-state index >= 15 is 0 Å². The molecule has 0 unspecified atom stereocenters. The smallest absolute Gasteiger partial charge is 0.354 e. The molecule has 0 amide bonds. The summed E-state index contributed by atoms with van der Waals surface area (Å²) in [6.07, 6.45) is 0. The van der Waals surface area contributed by atoms with Crippen LogP contribution in [0.5, 0.6) is 5.75 Å². The summed E-state index contributed by atoms with van der Waals surface area (Å²) in [5.74, 6) is -0.260. The molecular weight excluding hydrogens is 261 g/mol. The van der Waals surface area contributed by atoms with Crippen LogP contribution in [0.25, 0.3) is 11.0 Å². The van der Waals surface area contributed by atoms with Gasteiger partial charge < -0.3 is 23.3 Å². The fourth-order valence-electron chi connectivity index (χ4n) is 1.36. The Balaban J connectivity index is 2.57. The average molecular weight is 265 g/mol. The standard InChI is InChI=1S/C10H6NO6P/c11-5-7-3-6-1-2-8(17-18(13,14)15)4-9(6)16-10(7)12/h1-4H,(H2,13,14,15)/p-2. The molecule has 0 saturated heterocycles. The topological polar surface area (TPSA) is 126 Å². The molecule has 1 aromatic carbocycles. The number of nitrogens with zero attached hydrogens (tertiary/aromatic N) is 1. The van der Waals surface area contributed by atoms with Crippen LogP contribution in [0.1, 0.15) is 5.56 Å². The van der Waals surface area contributed by atoms with Crippen LogP contribution in [0, 0.1) is 11.3 Å². The van der Waals surface area contributed by atoms with Crippen molar-refractivity contribution in [1.82, 2.24) is 0 Å². The lowest BCUT2D eigenvalue weighted by molar-refractivity contribution is -0.333. The second-order valence-electron chi connectivity index (χ2n) is 3.30. The lowest BCUT2D eigenvalue weighted by atomic mass is 10.2. The van der Waals surface area contributed by atoms with Gasteiger partial charge in [0.2, 0.25) is 0 Å². The maximum Gasteiger partial charge on any atom is 0.354 e. The van der Waals surface area contributed by atoms with Gasteiger partial charge in [-0.25, -0.2) is 4.79 Å². The maximum atomic E-state index is 11.3. The highest BCUT2D eigenvalue weighted by molar-refractivity contribution is 7.43. The normalized spacial score (nSPS) is 11.2. The van der Waals surface area contributed by atoms with Gasteiger partial charge in [-0.05, 0) is 18.2 Å². The molecule has 8 heteroatoms. The minimum Gasteiger partial charge on any atom is -0.780 e. The molecule has 92 valence electrons. The third kappa shape index (κ3) is 2.57. The molecule has 1 heterocycles. The number of hydrogen-bond donors (Lipinski definition) is 0. The van der Waals surface area contributed by atoms with E-state index in [1.165, 1.54) is 18.2 Å². The van der Waals surface area contributed by atoms with E-state index < -0.39 is 13.4 Å². The molecule has 0 spiro atoms. The summed E-state index contributed by atoms with van der Waals surface area (Å²) >= 11 is 0. The lowest BCUT2D eigenvalue weighted by Gasteiger charge is -2.28. The molecule has 2 aromatic rings. The summed E-state index contributed by atoms with van der Waals surface area (Å²) in [5, 5.41) is 9.04. The Bertz CT molecular complexity index is 753. The predicted molar refractivity (Wildman–Crippen MR) is 55.4 cm³/mol. The first-order chi connectivity index (χ1) is 8.39. The van der Waals surface area contributed by atoms with E-state index in [4.69, 9.17) is 9.68 Å². The second kappa shape index (κ2) is 4.27. The van der Waals surface area contributed by atoms with Gasteiger partial charge in [-0.15, -0.1) is 0 Å². The quantitative estimate of drug-likeness (QED) is 0.546. The Kier molecular flexibility index (Phi) is 2.93. The Morgan fingerprint density at radius 1 is 1.33 bits per heavy atom. The molecule has 7 nitrogen and oxygen atoms in total. The van der Waals surface area contributed by atoms with Gasteiger partial charge in [-0.2, -0.15) is 5.26 Å². The third-order valence-corrected chi connectivity index (χ3v) is 2.48. The largest absolute Gasteiger partial charge is 0.780 e. The van der Waals surface area contributed by atoms with E-state index in [-0.39, 0.29) is 16.9 Å². The van der Waals surface area contributed by atoms with Crippen LogP contribution >= 0.6 is 7.82 Å². The van der Waals surface area contributed by atoms with E-state index in [0.29, 0.717) is 5.39 Å². The Labute approximate surface area is 100 Å². The third-order valence-electron chi connectivity index (χ3n) is 2.05. The van der Waals surface area contributed by atoms with Gasteiger partial charge in [0, 0.05) is 11.5 Å². The van der Waals surface area contributed by atoms with Crippen molar-refractivity contribution in [3.05, 3.63) is 40.2 Å². The fraction of sp³-hybridized carbons (Fsp3) is 0. The average Bonchev–Trinajstić information content (AvgIpc) is 2.25. The molecule has 1 aromatic heterocycles. The molecule has 0 saturated carbocycles. The molecule has 0 aliphatic rings. The molecule has 0 fully saturated rings. The first-order valence-corrected chi connectivity index (χ1v) is 6.05. The molecule has 0 atom stereocenters. The number of nitriles is 1. The first-order valence-electron chi connectivity index (χ1n) is 4.59. The SMILES string of the molecule is N#Cc1cc2ccc(OP(=O)([O-])[O-])cc2oc1=O. The Morgan fingerprint density at radius 3 is 2.67 bits per heavy atom. The van der Waals surface area contributed by atoms with Crippen molar-refractivity contribution in [2.45, 2.75) is 0 Å². The minimum atomic E-state index is -5.16. The van der Waals surface area contributed by atoms with Crippen LogP contribution in [-0.2, 0) is 4.57 Å². The molecular formula is C10H4NO6P-2. The van der Waals surface area contributed by atoms with Crippen molar-refractivity contribution in [3.63, 3.8) is 0 Å². The molecule has 2 rings (SSSR count). The van der Waals surface area contributed by atoms with Crippen LogP contribution in [-0.4, -0.2) is 0 Å². The highest BCUT2D eigenvalue weighted by atomic mass is 31.2. The van der Waals surface area contributed by atoms with Gasteiger partial charge in [-0.1, -0.05) is 0 Å². The zero-order valence-corrected chi connectivity index (χ0v) is 9.55. The number of hydrogen-bond acceptors (Lipinski definition) is 7. The zero-order valence-electron chi connectivity index (χ0n) is 8.65. The maximum absolute atomic E-state index is 11.3. The van der Waals surface area contributed by atoms with Gasteiger partial charge in [0.1, 0.15) is 30.8 Å². The minimum absolute atomic E-state index is 0.0185. The van der Waals surface area contributed by atoms with Gasteiger partial charge in [0.05, 0.1) is 0 Å². The first kappa shape index (κ1) is 12.3.